The van der Waals surface area contributed by atoms with Crippen molar-refractivity contribution in [2.75, 3.05) is 12.4 Å². The summed E-state index contributed by atoms with van der Waals surface area (Å²) in [5, 5.41) is 3.43. The van der Waals surface area contributed by atoms with Gasteiger partial charge in [-0.3, -0.25) is 10.1 Å². The normalized spacial score (nSPS) is 13.6. The lowest BCUT2D eigenvalue weighted by molar-refractivity contribution is 0.102. The lowest BCUT2D eigenvalue weighted by Crippen LogP contribution is -2.29. The number of aromatic nitrogens is 1. The van der Waals surface area contributed by atoms with Crippen LogP contribution in [0.3, 0.4) is 0 Å². The number of thiazole rings is 1. The van der Waals surface area contributed by atoms with E-state index in [0.717, 1.165) is 52.9 Å². The highest BCUT2D eigenvalue weighted by molar-refractivity contribution is 7.89. The van der Waals surface area contributed by atoms with Gasteiger partial charge < -0.3 is 0 Å². The molecule has 37 heavy (non-hydrogen) atoms. The molecule has 1 amide bonds. The number of hydrogen-bond acceptors (Lipinski definition) is 5. The number of hydrogen-bond donors (Lipinski definition) is 1. The number of carbonyl (C=O) groups excluding carboxylic acids is 1. The Balaban J connectivity index is 1.33. The molecule has 0 atom stereocenters. The average molecular weight is 532 g/mol. The molecule has 1 saturated carbocycles. The van der Waals surface area contributed by atoms with Crippen molar-refractivity contribution in [2.24, 2.45) is 0 Å². The number of benzene rings is 3. The zero-order valence-electron chi connectivity index (χ0n) is 20.8. The molecular weight excluding hydrogens is 502 g/mol. The number of carbonyl (C=O) groups is 1. The molecule has 1 N–H and O–H groups in total. The topological polar surface area (TPSA) is 79.4 Å². The highest BCUT2D eigenvalue weighted by Gasteiger charge is 2.35. The summed E-state index contributed by atoms with van der Waals surface area (Å²) >= 11 is 1.48. The maximum Gasteiger partial charge on any atom is 0.257 e. The van der Waals surface area contributed by atoms with E-state index in [1.54, 1.807) is 19.2 Å². The minimum atomic E-state index is -3.55. The first-order valence-corrected chi connectivity index (χ1v) is 14.7. The molecule has 1 heterocycles. The second-order valence-corrected chi connectivity index (χ2v) is 12.3. The highest BCUT2D eigenvalue weighted by Crippen LogP contribution is 2.34. The van der Waals surface area contributed by atoms with Crippen LogP contribution in [0.15, 0.2) is 83.8 Å². The third-order valence-electron chi connectivity index (χ3n) is 6.51. The average Bonchev–Trinajstić information content (AvgIpc) is 3.70. The van der Waals surface area contributed by atoms with Crippen molar-refractivity contribution >= 4 is 32.4 Å². The smallest absolute Gasteiger partial charge is 0.257 e. The number of sulfonamides is 1. The Morgan fingerprint density at radius 2 is 1.57 bits per heavy atom. The van der Waals surface area contributed by atoms with Crippen LogP contribution < -0.4 is 5.32 Å². The molecule has 8 heteroatoms. The summed E-state index contributed by atoms with van der Waals surface area (Å²) in [6.07, 6.45) is 3.62. The van der Waals surface area contributed by atoms with Crippen molar-refractivity contribution < 1.29 is 13.2 Å². The summed E-state index contributed by atoms with van der Waals surface area (Å²) in [7, 11) is -1.94. The first-order chi connectivity index (χ1) is 17.9. The number of nitrogens with one attached hydrogen (secondary N) is 1. The number of anilines is 1. The Labute approximate surface area is 222 Å². The molecule has 0 spiro atoms. The molecule has 0 saturated heterocycles. The van der Waals surface area contributed by atoms with E-state index in [9.17, 15) is 13.2 Å². The van der Waals surface area contributed by atoms with Crippen LogP contribution >= 0.6 is 11.3 Å². The number of amides is 1. The Bertz CT molecular complexity index is 1490. The van der Waals surface area contributed by atoms with Crippen LogP contribution in [0, 0.1) is 0 Å². The first kappa shape index (κ1) is 25.3. The van der Waals surface area contributed by atoms with E-state index in [0.29, 0.717) is 10.7 Å². The molecule has 4 aromatic rings. The lowest BCUT2D eigenvalue weighted by atomic mass is 10.0. The molecule has 1 aliphatic rings. The van der Waals surface area contributed by atoms with Gasteiger partial charge in [-0.2, -0.15) is 4.31 Å². The van der Waals surface area contributed by atoms with E-state index in [2.05, 4.69) is 48.6 Å². The molecule has 0 aliphatic heterocycles. The Morgan fingerprint density at radius 1 is 0.946 bits per heavy atom. The van der Waals surface area contributed by atoms with E-state index in [4.69, 9.17) is 4.98 Å². The van der Waals surface area contributed by atoms with Gasteiger partial charge in [-0.15, -0.1) is 11.3 Å². The Hall–Kier alpha value is -3.33. The lowest BCUT2D eigenvalue weighted by Gasteiger charge is -2.16. The van der Waals surface area contributed by atoms with Crippen molar-refractivity contribution in [1.29, 1.82) is 0 Å². The maximum atomic E-state index is 12.9. The van der Waals surface area contributed by atoms with Crippen molar-refractivity contribution in [1.82, 2.24) is 9.29 Å². The van der Waals surface area contributed by atoms with Gasteiger partial charge in [-0.25, -0.2) is 13.4 Å². The van der Waals surface area contributed by atoms with Gasteiger partial charge in [0.2, 0.25) is 10.0 Å². The molecule has 5 rings (SSSR count). The predicted molar refractivity (Wildman–Crippen MR) is 149 cm³/mol. The van der Waals surface area contributed by atoms with Gasteiger partial charge in [0.15, 0.2) is 5.13 Å². The van der Waals surface area contributed by atoms with Crippen LogP contribution in [-0.4, -0.2) is 36.7 Å². The van der Waals surface area contributed by atoms with Crippen molar-refractivity contribution in [2.45, 2.75) is 43.5 Å². The van der Waals surface area contributed by atoms with E-state index in [1.165, 1.54) is 27.8 Å². The fraction of sp³-hybridized carbons (Fsp3) is 0.241. The summed E-state index contributed by atoms with van der Waals surface area (Å²) in [6, 6.07) is 24.7. The molecule has 6 nitrogen and oxygen atoms in total. The van der Waals surface area contributed by atoms with Gasteiger partial charge in [0.05, 0.1) is 10.6 Å². The van der Waals surface area contributed by atoms with Gasteiger partial charge in [0.25, 0.3) is 5.91 Å². The van der Waals surface area contributed by atoms with Gasteiger partial charge >= 0.3 is 0 Å². The molecular formula is C29H29N3O3S2. The largest absolute Gasteiger partial charge is 0.298 e. The molecule has 1 fully saturated rings. The first-order valence-electron chi connectivity index (χ1n) is 12.4. The minimum absolute atomic E-state index is 0.0823. The van der Waals surface area contributed by atoms with E-state index < -0.39 is 10.0 Å². The number of rotatable bonds is 9. The quantitative estimate of drug-likeness (QED) is 0.269. The standard InChI is InChI=1S/C29H29N3O3S2/c1-3-7-26-27(22-12-10-21(11-13-22)20-8-5-4-6-9-20)30-29(36-26)31-28(33)23-14-18-25(19-15-23)37(34,35)32(2)24-16-17-24/h4-6,8-15,18-19,24H,3,7,16-17H2,1-2H3,(H,30,31,33). The zero-order chi connectivity index (χ0) is 26.0. The van der Waals surface area contributed by atoms with Gasteiger partial charge in [0, 0.05) is 29.1 Å². The summed E-state index contributed by atoms with van der Waals surface area (Å²) in [5.41, 5.74) is 4.57. The highest BCUT2D eigenvalue weighted by atomic mass is 32.2. The number of nitrogens with zero attached hydrogens (tertiary/aromatic N) is 2. The van der Waals surface area contributed by atoms with E-state index in [1.807, 2.05) is 18.2 Å². The SMILES string of the molecule is CCCc1sc(NC(=O)c2ccc(S(=O)(=O)N(C)C3CC3)cc2)nc1-c1ccc(-c2ccccc2)cc1. The molecule has 3 aromatic carbocycles. The fourth-order valence-electron chi connectivity index (χ4n) is 4.23. The minimum Gasteiger partial charge on any atom is -0.298 e. The summed E-state index contributed by atoms with van der Waals surface area (Å²) in [4.78, 5) is 19.0. The summed E-state index contributed by atoms with van der Waals surface area (Å²) in [6.45, 7) is 2.12. The molecule has 0 radical (unpaired) electrons. The second-order valence-electron chi connectivity index (χ2n) is 9.22. The molecule has 0 bridgehead atoms. The third-order valence-corrected chi connectivity index (χ3v) is 9.47. The van der Waals surface area contributed by atoms with Crippen LogP contribution in [0.5, 0.6) is 0 Å². The van der Waals surface area contributed by atoms with E-state index >= 15 is 0 Å². The Kier molecular flexibility index (Phi) is 7.24. The molecule has 1 aliphatic carbocycles. The predicted octanol–water partition coefficient (Wildman–Crippen LogP) is 6.46. The van der Waals surface area contributed by atoms with Crippen LogP contribution in [0.25, 0.3) is 22.4 Å². The van der Waals surface area contributed by atoms with Crippen LogP contribution in [0.4, 0.5) is 5.13 Å². The second kappa shape index (κ2) is 10.6. The Morgan fingerprint density at radius 3 is 2.19 bits per heavy atom. The molecule has 1 aromatic heterocycles. The molecule has 190 valence electrons. The van der Waals surface area contributed by atoms with Crippen LogP contribution in [-0.2, 0) is 16.4 Å². The van der Waals surface area contributed by atoms with Crippen LogP contribution in [0.1, 0.15) is 41.4 Å². The van der Waals surface area contributed by atoms with E-state index in [-0.39, 0.29) is 16.8 Å². The summed E-state index contributed by atoms with van der Waals surface area (Å²) < 4.78 is 26.9. The zero-order valence-corrected chi connectivity index (χ0v) is 22.5. The van der Waals surface area contributed by atoms with Crippen LogP contribution in [0.2, 0.25) is 0 Å². The van der Waals surface area contributed by atoms with Crippen molar-refractivity contribution in [3.63, 3.8) is 0 Å². The monoisotopic (exact) mass is 531 g/mol. The maximum absolute atomic E-state index is 12.9. The molecule has 0 unspecified atom stereocenters. The fourth-order valence-corrected chi connectivity index (χ4v) is 6.72. The number of aryl methyl sites for hydroxylation is 1. The van der Waals surface area contributed by atoms with Crippen molar-refractivity contribution in [3.8, 4) is 22.4 Å². The van der Waals surface area contributed by atoms with Crippen molar-refractivity contribution in [3.05, 3.63) is 89.3 Å². The third kappa shape index (κ3) is 5.51. The van der Waals surface area contributed by atoms with Gasteiger partial charge in [0.1, 0.15) is 0 Å². The van der Waals surface area contributed by atoms with Gasteiger partial charge in [-0.1, -0.05) is 67.9 Å². The van der Waals surface area contributed by atoms with Gasteiger partial charge in [-0.05, 0) is 54.7 Å². The summed E-state index contributed by atoms with van der Waals surface area (Å²) in [5.74, 6) is -0.317.